The molecule has 0 radical (unpaired) electrons. The number of nitrogens with zero attached hydrogens (tertiary/aromatic N) is 2. The summed E-state index contributed by atoms with van der Waals surface area (Å²) in [5.41, 5.74) is 1.15. The maximum atomic E-state index is 4.61. The van der Waals surface area contributed by atoms with Crippen LogP contribution in [0.2, 0.25) is 0 Å². The third kappa shape index (κ3) is 4.12. The molecule has 1 aliphatic heterocycles. The Labute approximate surface area is 117 Å². The molecule has 2 rings (SSSR count). The third-order valence-electron chi connectivity index (χ3n) is 3.93. The standard InChI is InChI=1S/C16H27N3/c1-3-8-14(4-2)18-15-9-10-16(17-13-15)19-11-6-5-7-12-19/h9-10,13-14,18H,3-8,11-12H2,1-2H3. The van der Waals surface area contributed by atoms with Crippen LogP contribution in [0, 0.1) is 0 Å². The van der Waals surface area contributed by atoms with Gasteiger partial charge in [0.25, 0.3) is 0 Å². The summed E-state index contributed by atoms with van der Waals surface area (Å²) >= 11 is 0. The van der Waals surface area contributed by atoms with Crippen LogP contribution in [0.15, 0.2) is 18.3 Å². The Morgan fingerprint density at radius 1 is 1.21 bits per heavy atom. The first-order valence-electron chi connectivity index (χ1n) is 7.81. The summed E-state index contributed by atoms with van der Waals surface area (Å²) in [4.78, 5) is 7.01. The zero-order valence-electron chi connectivity index (χ0n) is 12.4. The number of nitrogens with one attached hydrogen (secondary N) is 1. The van der Waals surface area contributed by atoms with Crippen LogP contribution in [0.25, 0.3) is 0 Å². The molecule has 0 spiro atoms. The molecule has 106 valence electrons. The lowest BCUT2D eigenvalue weighted by Gasteiger charge is -2.28. The van der Waals surface area contributed by atoms with E-state index in [9.17, 15) is 0 Å². The Balaban J connectivity index is 1.93. The van der Waals surface area contributed by atoms with Crippen LogP contribution in [0.5, 0.6) is 0 Å². The molecule has 3 heteroatoms. The summed E-state index contributed by atoms with van der Waals surface area (Å²) in [6, 6.07) is 4.91. The molecule has 1 fully saturated rings. The predicted molar refractivity (Wildman–Crippen MR) is 82.9 cm³/mol. The highest BCUT2D eigenvalue weighted by atomic mass is 15.2. The fourth-order valence-corrected chi connectivity index (χ4v) is 2.74. The van der Waals surface area contributed by atoms with Gasteiger partial charge in [-0.2, -0.15) is 0 Å². The molecule has 19 heavy (non-hydrogen) atoms. The molecular weight excluding hydrogens is 234 g/mol. The lowest BCUT2D eigenvalue weighted by atomic mass is 10.1. The largest absolute Gasteiger partial charge is 0.381 e. The van der Waals surface area contributed by atoms with E-state index in [4.69, 9.17) is 0 Å². The summed E-state index contributed by atoms with van der Waals surface area (Å²) in [6.45, 7) is 6.80. The third-order valence-corrected chi connectivity index (χ3v) is 3.93. The van der Waals surface area contributed by atoms with Crippen molar-refractivity contribution in [2.45, 2.75) is 58.4 Å². The molecule has 1 N–H and O–H groups in total. The fraction of sp³-hybridized carbons (Fsp3) is 0.688. The van der Waals surface area contributed by atoms with Gasteiger partial charge in [-0.3, -0.25) is 0 Å². The van der Waals surface area contributed by atoms with Gasteiger partial charge in [-0.05, 0) is 44.2 Å². The van der Waals surface area contributed by atoms with E-state index in [0.717, 1.165) is 24.6 Å². The Hall–Kier alpha value is -1.25. The molecule has 2 heterocycles. The topological polar surface area (TPSA) is 28.2 Å². The van der Waals surface area contributed by atoms with Crippen molar-refractivity contribution in [2.75, 3.05) is 23.3 Å². The minimum absolute atomic E-state index is 0.577. The van der Waals surface area contributed by atoms with Gasteiger partial charge in [0.05, 0.1) is 11.9 Å². The van der Waals surface area contributed by atoms with Crippen molar-refractivity contribution in [3.05, 3.63) is 18.3 Å². The second-order valence-electron chi connectivity index (χ2n) is 5.49. The van der Waals surface area contributed by atoms with E-state index in [1.165, 1.54) is 38.5 Å². The summed E-state index contributed by atoms with van der Waals surface area (Å²) in [5, 5.41) is 3.58. The Bertz CT molecular complexity index is 355. The summed E-state index contributed by atoms with van der Waals surface area (Å²) < 4.78 is 0. The number of rotatable bonds is 6. The number of pyridine rings is 1. The maximum absolute atomic E-state index is 4.61. The first-order valence-corrected chi connectivity index (χ1v) is 7.81. The highest BCUT2D eigenvalue weighted by Crippen LogP contribution is 2.20. The fourth-order valence-electron chi connectivity index (χ4n) is 2.74. The van der Waals surface area contributed by atoms with Crippen molar-refractivity contribution < 1.29 is 0 Å². The van der Waals surface area contributed by atoms with Gasteiger partial charge in [0.1, 0.15) is 5.82 Å². The Morgan fingerprint density at radius 3 is 2.58 bits per heavy atom. The molecule has 1 saturated heterocycles. The molecule has 1 unspecified atom stereocenters. The minimum atomic E-state index is 0.577. The lowest BCUT2D eigenvalue weighted by molar-refractivity contribution is 0.573. The summed E-state index contributed by atoms with van der Waals surface area (Å²) in [7, 11) is 0. The molecule has 3 nitrogen and oxygen atoms in total. The van der Waals surface area contributed by atoms with Crippen LogP contribution in [0.1, 0.15) is 52.4 Å². The number of piperidine rings is 1. The highest BCUT2D eigenvalue weighted by Gasteiger charge is 2.12. The first kappa shape index (κ1) is 14.2. The number of aromatic nitrogens is 1. The number of hydrogen-bond acceptors (Lipinski definition) is 3. The van der Waals surface area contributed by atoms with E-state index in [1.807, 2.05) is 6.20 Å². The molecule has 1 aliphatic rings. The van der Waals surface area contributed by atoms with Gasteiger partial charge in [-0.15, -0.1) is 0 Å². The molecule has 0 saturated carbocycles. The van der Waals surface area contributed by atoms with Crippen LogP contribution in [0.4, 0.5) is 11.5 Å². The maximum Gasteiger partial charge on any atom is 0.128 e. The second kappa shape index (κ2) is 7.37. The van der Waals surface area contributed by atoms with Crippen LogP contribution in [-0.2, 0) is 0 Å². The predicted octanol–water partition coefficient (Wildman–Crippen LogP) is 4.06. The van der Waals surface area contributed by atoms with Crippen molar-refractivity contribution >= 4 is 11.5 Å². The van der Waals surface area contributed by atoms with Gasteiger partial charge in [-0.25, -0.2) is 4.98 Å². The number of hydrogen-bond donors (Lipinski definition) is 1. The summed E-state index contributed by atoms with van der Waals surface area (Å²) in [6.07, 6.45) is 9.58. The first-order chi connectivity index (χ1) is 9.33. The van der Waals surface area contributed by atoms with Crippen LogP contribution >= 0.6 is 0 Å². The van der Waals surface area contributed by atoms with E-state index < -0.39 is 0 Å². The van der Waals surface area contributed by atoms with E-state index in [2.05, 4.69) is 41.2 Å². The highest BCUT2D eigenvalue weighted by molar-refractivity contribution is 5.49. The van der Waals surface area contributed by atoms with Gasteiger partial charge in [-0.1, -0.05) is 20.3 Å². The van der Waals surface area contributed by atoms with E-state index in [-0.39, 0.29) is 0 Å². The van der Waals surface area contributed by atoms with Crippen LogP contribution in [-0.4, -0.2) is 24.1 Å². The average molecular weight is 261 g/mol. The molecule has 1 aromatic heterocycles. The second-order valence-corrected chi connectivity index (χ2v) is 5.49. The number of anilines is 2. The lowest BCUT2D eigenvalue weighted by Crippen LogP contribution is -2.30. The molecule has 0 aliphatic carbocycles. The zero-order chi connectivity index (χ0) is 13.5. The van der Waals surface area contributed by atoms with Gasteiger partial charge < -0.3 is 10.2 Å². The van der Waals surface area contributed by atoms with Gasteiger partial charge in [0, 0.05) is 19.1 Å². The average Bonchev–Trinajstić information content (AvgIpc) is 2.48. The van der Waals surface area contributed by atoms with Gasteiger partial charge in [0.15, 0.2) is 0 Å². The smallest absolute Gasteiger partial charge is 0.128 e. The molecular formula is C16H27N3. The molecule has 0 amide bonds. The van der Waals surface area contributed by atoms with E-state index >= 15 is 0 Å². The zero-order valence-corrected chi connectivity index (χ0v) is 12.4. The monoisotopic (exact) mass is 261 g/mol. The quantitative estimate of drug-likeness (QED) is 0.837. The SMILES string of the molecule is CCCC(CC)Nc1ccc(N2CCCCC2)nc1. The normalized spacial score (nSPS) is 17.3. The molecule has 0 aromatic carbocycles. The van der Waals surface area contributed by atoms with Crippen molar-refractivity contribution in [3.8, 4) is 0 Å². The van der Waals surface area contributed by atoms with E-state index in [0.29, 0.717) is 6.04 Å². The van der Waals surface area contributed by atoms with Crippen molar-refractivity contribution in [3.63, 3.8) is 0 Å². The molecule has 1 aromatic rings. The minimum Gasteiger partial charge on any atom is -0.381 e. The summed E-state index contributed by atoms with van der Waals surface area (Å²) in [5.74, 6) is 1.13. The van der Waals surface area contributed by atoms with Gasteiger partial charge in [0.2, 0.25) is 0 Å². The van der Waals surface area contributed by atoms with E-state index in [1.54, 1.807) is 0 Å². The van der Waals surface area contributed by atoms with Crippen molar-refractivity contribution in [1.29, 1.82) is 0 Å². The molecule has 0 bridgehead atoms. The molecule has 1 atom stereocenters. The van der Waals surface area contributed by atoms with Crippen molar-refractivity contribution in [2.24, 2.45) is 0 Å². The van der Waals surface area contributed by atoms with Gasteiger partial charge >= 0.3 is 0 Å². The van der Waals surface area contributed by atoms with Crippen LogP contribution in [0.3, 0.4) is 0 Å². The Morgan fingerprint density at radius 2 is 2.00 bits per heavy atom. The van der Waals surface area contributed by atoms with Crippen molar-refractivity contribution in [1.82, 2.24) is 4.98 Å². The Kier molecular flexibility index (Phi) is 5.49. The van der Waals surface area contributed by atoms with Crippen LogP contribution < -0.4 is 10.2 Å².